The van der Waals surface area contributed by atoms with Crippen molar-refractivity contribution in [1.29, 1.82) is 0 Å². The zero-order valence-corrected chi connectivity index (χ0v) is 30.1. The number of hydrogen-bond donors (Lipinski definition) is 6. The second kappa shape index (κ2) is 21.2. The molecule has 0 aliphatic carbocycles. The number of amides is 2. The van der Waals surface area contributed by atoms with E-state index >= 15 is 0 Å². The Bertz CT molecular complexity index is 1850. The Hall–Kier alpha value is -5.13. The van der Waals surface area contributed by atoms with Crippen molar-refractivity contribution >= 4 is 75.6 Å². The summed E-state index contributed by atoms with van der Waals surface area (Å²) in [6.45, 7) is 3.27. The van der Waals surface area contributed by atoms with Crippen LogP contribution in [0.2, 0.25) is 15.3 Å². The highest BCUT2D eigenvalue weighted by atomic mass is 35.5. The third kappa shape index (κ3) is 12.0. The van der Waals surface area contributed by atoms with E-state index in [4.69, 9.17) is 55.1 Å². The molecule has 0 atom stereocenters. The summed E-state index contributed by atoms with van der Waals surface area (Å²) in [6, 6.07) is 12.5. The number of carbonyl (C=O) groups excluding carboxylic acids is 4. The lowest BCUT2D eigenvalue weighted by Crippen LogP contribution is -2.21. The van der Waals surface area contributed by atoms with Gasteiger partial charge in [0.1, 0.15) is 0 Å². The van der Waals surface area contributed by atoms with Crippen molar-refractivity contribution in [3.8, 4) is 0 Å². The van der Waals surface area contributed by atoms with Crippen molar-refractivity contribution in [3.05, 3.63) is 97.5 Å². The van der Waals surface area contributed by atoms with Crippen LogP contribution in [0.5, 0.6) is 0 Å². The van der Waals surface area contributed by atoms with E-state index < -0.39 is 24.5 Å². The van der Waals surface area contributed by atoms with Crippen molar-refractivity contribution in [2.24, 2.45) is 0 Å². The number of ether oxygens (including phenoxy) is 2. The predicted octanol–water partition coefficient (Wildman–Crippen LogP) is 3.98. The average molecular weight is 766 g/mol. The topological polar surface area (TPSA) is 241 Å². The first kappa shape index (κ1) is 42.0. The molecular formula is C32H35Cl3N8O8. The van der Waals surface area contributed by atoms with Crippen molar-refractivity contribution in [2.45, 2.75) is 27.1 Å². The van der Waals surface area contributed by atoms with Crippen LogP contribution in [0, 0.1) is 0 Å². The van der Waals surface area contributed by atoms with E-state index in [1.54, 1.807) is 50.2 Å². The molecule has 2 aromatic heterocycles. The number of aliphatic hydroxyl groups excluding tert-OH is 2. The normalized spacial score (nSPS) is 9.98. The monoisotopic (exact) mass is 764 g/mol. The average Bonchev–Trinajstić information content (AvgIpc) is 3.11. The largest absolute Gasteiger partial charge is 0.462 e. The van der Waals surface area contributed by atoms with Crippen LogP contribution in [0.15, 0.2) is 48.5 Å². The van der Waals surface area contributed by atoms with E-state index in [1.807, 2.05) is 0 Å². The summed E-state index contributed by atoms with van der Waals surface area (Å²) < 4.78 is 9.81. The summed E-state index contributed by atoms with van der Waals surface area (Å²) in [5, 5.41) is 41.4. The number of nitrogens with one attached hydrogen (secondary N) is 3. The van der Waals surface area contributed by atoms with Crippen LogP contribution in [-0.4, -0.2) is 81.7 Å². The molecule has 0 aliphatic rings. The molecule has 7 N–H and O–H groups in total. The highest BCUT2D eigenvalue weighted by molar-refractivity contribution is 6.35. The number of carbonyl (C=O) groups is 4. The standard InChI is InChI=1S/C16H17ClN4O4.C10H13NO3.C6H5Cl2N3O/c1-3-25-16(24)9-5-4-6-11(10(9)8-22)19-12-7-13(17)20-21-14(12)15(23)18-2;1-2-14-10(13)7-4-3-5-9(11)8(7)6-12;1-9-6(12)5-3(7)2-4(8)10-11-5/h4-7,22H,3,8H2,1-2H3,(H,18,23)(H,19,20);3-5,12H,2,6,11H2,1H3;2H,1H3,(H,9,12). The number of aliphatic hydroxyl groups is 2. The van der Waals surface area contributed by atoms with E-state index in [1.165, 1.54) is 26.2 Å². The van der Waals surface area contributed by atoms with Crippen LogP contribution >= 0.6 is 34.8 Å². The quantitative estimate of drug-likeness (QED) is 0.0989. The van der Waals surface area contributed by atoms with Crippen molar-refractivity contribution in [2.75, 3.05) is 38.4 Å². The summed E-state index contributed by atoms with van der Waals surface area (Å²) >= 11 is 17.0. The molecule has 0 saturated carbocycles. The molecule has 4 aromatic rings. The third-order valence-electron chi connectivity index (χ3n) is 6.33. The molecular weight excluding hydrogens is 731 g/mol. The van der Waals surface area contributed by atoms with E-state index in [9.17, 15) is 24.3 Å². The van der Waals surface area contributed by atoms with Gasteiger partial charge in [-0.1, -0.05) is 46.9 Å². The van der Waals surface area contributed by atoms with Crippen LogP contribution in [-0.2, 0) is 22.7 Å². The molecule has 2 heterocycles. The van der Waals surface area contributed by atoms with Crippen molar-refractivity contribution in [3.63, 3.8) is 0 Å². The van der Waals surface area contributed by atoms with Gasteiger partial charge in [0, 0.05) is 42.7 Å². The Labute approximate surface area is 307 Å². The van der Waals surface area contributed by atoms with Gasteiger partial charge in [0.05, 0.1) is 48.3 Å². The summed E-state index contributed by atoms with van der Waals surface area (Å²) in [5.74, 6) is -1.85. The SMILES string of the molecule is CCOC(=O)c1cccc(N)c1CO.CCOC(=O)c1cccc(Nc2cc(Cl)nnc2C(=O)NC)c1CO.CNC(=O)c1nnc(Cl)cc1Cl. The van der Waals surface area contributed by atoms with Gasteiger partial charge >= 0.3 is 11.9 Å². The fourth-order valence-corrected chi connectivity index (χ4v) is 4.55. The molecule has 4 rings (SSSR count). The Morgan fingerprint density at radius 3 is 1.71 bits per heavy atom. The number of hydrogen-bond acceptors (Lipinski definition) is 14. The van der Waals surface area contributed by atoms with Gasteiger partial charge in [-0.15, -0.1) is 20.4 Å². The lowest BCUT2D eigenvalue weighted by Gasteiger charge is -2.15. The van der Waals surface area contributed by atoms with E-state index in [0.29, 0.717) is 34.7 Å². The van der Waals surface area contributed by atoms with Gasteiger partial charge in [-0.3, -0.25) is 9.59 Å². The third-order valence-corrected chi connectivity index (χ3v) is 6.99. The maximum atomic E-state index is 12.0. The lowest BCUT2D eigenvalue weighted by atomic mass is 10.1. The molecule has 16 nitrogen and oxygen atoms in total. The molecule has 2 amide bonds. The van der Waals surface area contributed by atoms with Crippen LogP contribution in [0.25, 0.3) is 0 Å². The van der Waals surface area contributed by atoms with Gasteiger partial charge in [-0.25, -0.2) is 9.59 Å². The molecule has 272 valence electrons. The van der Waals surface area contributed by atoms with Gasteiger partial charge in [0.2, 0.25) is 0 Å². The number of benzene rings is 2. The van der Waals surface area contributed by atoms with Crippen LogP contribution in [0.4, 0.5) is 17.1 Å². The number of nitrogens with two attached hydrogens (primary N) is 1. The number of rotatable bonds is 10. The summed E-state index contributed by atoms with van der Waals surface area (Å²) in [7, 11) is 2.94. The summed E-state index contributed by atoms with van der Waals surface area (Å²) in [4.78, 5) is 46.4. The molecule has 0 saturated heterocycles. The van der Waals surface area contributed by atoms with Gasteiger partial charge in [0.15, 0.2) is 21.7 Å². The number of esters is 2. The smallest absolute Gasteiger partial charge is 0.338 e. The molecule has 0 radical (unpaired) electrons. The fraction of sp³-hybridized carbons (Fsp3) is 0.250. The van der Waals surface area contributed by atoms with Gasteiger partial charge in [0.25, 0.3) is 11.8 Å². The molecule has 19 heteroatoms. The lowest BCUT2D eigenvalue weighted by molar-refractivity contribution is 0.0513. The predicted molar refractivity (Wildman–Crippen MR) is 190 cm³/mol. The zero-order chi connectivity index (χ0) is 38.1. The van der Waals surface area contributed by atoms with Crippen molar-refractivity contribution < 1.29 is 38.9 Å². The van der Waals surface area contributed by atoms with E-state index in [2.05, 4.69) is 36.3 Å². The summed E-state index contributed by atoms with van der Waals surface area (Å²) in [6.07, 6.45) is 0. The Morgan fingerprint density at radius 1 is 0.706 bits per heavy atom. The second-order valence-corrected chi connectivity index (χ2v) is 10.7. The highest BCUT2D eigenvalue weighted by Crippen LogP contribution is 2.27. The van der Waals surface area contributed by atoms with E-state index in [0.717, 1.165) is 0 Å². The zero-order valence-electron chi connectivity index (χ0n) is 27.8. The minimum atomic E-state index is -0.549. The first-order valence-corrected chi connectivity index (χ1v) is 16.0. The minimum Gasteiger partial charge on any atom is -0.462 e. The molecule has 0 unspecified atom stereocenters. The van der Waals surface area contributed by atoms with Crippen LogP contribution in [0.1, 0.15) is 66.7 Å². The molecule has 0 fully saturated rings. The minimum absolute atomic E-state index is 0.0253. The first-order chi connectivity index (χ1) is 24.4. The fourth-order valence-electron chi connectivity index (χ4n) is 3.97. The van der Waals surface area contributed by atoms with Crippen molar-refractivity contribution in [1.82, 2.24) is 31.0 Å². The molecule has 0 aliphatic heterocycles. The summed E-state index contributed by atoms with van der Waals surface area (Å²) in [5.41, 5.74) is 8.11. The number of anilines is 3. The van der Waals surface area contributed by atoms with Gasteiger partial charge in [-0.2, -0.15) is 0 Å². The number of halogens is 3. The molecule has 0 spiro atoms. The number of nitrogen functional groups attached to an aromatic ring is 1. The maximum Gasteiger partial charge on any atom is 0.338 e. The van der Waals surface area contributed by atoms with Crippen LogP contribution in [0.3, 0.4) is 0 Å². The number of aromatic nitrogens is 4. The molecule has 0 bridgehead atoms. The Kier molecular flexibility index (Phi) is 17.4. The Balaban J connectivity index is 0.000000292. The van der Waals surface area contributed by atoms with Gasteiger partial charge in [-0.05, 0) is 44.2 Å². The highest BCUT2D eigenvalue weighted by Gasteiger charge is 2.19. The maximum absolute atomic E-state index is 12.0. The second-order valence-electron chi connectivity index (χ2n) is 9.54. The number of nitrogens with zero attached hydrogens (tertiary/aromatic N) is 4. The van der Waals surface area contributed by atoms with Gasteiger partial charge < -0.3 is 41.4 Å². The Morgan fingerprint density at radius 2 is 1.20 bits per heavy atom. The van der Waals surface area contributed by atoms with Crippen LogP contribution < -0.4 is 21.7 Å². The van der Waals surface area contributed by atoms with E-state index in [-0.39, 0.29) is 57.1 Å². The first-order valence-electron chi connectivity index (χ1n) is 14.8. The molecule has 2 aromatic carbocycles. The molecule has 51 heavy (non-hydrogen) atoms.